The summed E-state index contributed by atoms with van der Waals surface area (Å²) in [6.07, 6.45) is 4.76. The molecule has 1 aromatic heterocycles. The number of nitrogens with one attached hydrogen (secondary N) is 1. The van der Waals surface area contributed by atoms with Crippen molar-refractivity contribution >= 4 is 35.5 Å². The number of anilines is 2. The fourth-order valence-electron chi connectivity index (χ4n) is 3.76. The van der Waals surface area contributed by atoms with E-state index in [0.29, 0.717) is 23.1 Å². The van der Waals surface area contributed by atoms with E-state index >= 15 is 0 Å². The number of hydrogen-bond donors (Lipinski definition) is 1. The van der Waals surface area contributed by atoms with Crippen LogP contribution in [0.3, 0.4) is 0 Å². The maximum atomic E-state index is 13.0. The Bertz CT molecular complexity index is 1070. The number of carbonyl (C=O) groups is 3. The number of carbonyl (C=O) groups excluding carboxylic acids is 3. The number of amides is 4. The van der Waals surface area contributed by atoms with Crippen LogP contribution in [-0.2, 0) is 9.59 Å². The summed E-state index contributed by atoms with van der Waals surface area (Å²) in [5, 5.41) is 2.20. The Morgan fingerprint density at radius 2 is 1.73 bits per heavy atom. The molecule has 5 rings (SSSR count). The van der Waals surface area contributed by atoms with Crippen molar-refractivity contribution in [3.8, 4) is 11.5 Å². The Balaban J connectivity index is 1.43. The average Bonchev–Trinajstić information content (AvgIpc) is 3.41. The third kappa shape index (κ3) is 3.18. The first-order valence-electron chi connectivity index (χ1n) is 9.76. The molecule has 2 fully saturated rings. The minimum absolute atomic E-state index is 0.0699. The minimum Gasteiger partial charge on any atom is -0.454 e. The fraction of sp³-hybridized carbons (Fsp3) is 0.286. The Hall–Kier alpha value is -3.75. The van der Waals surface area contributed by atoms with Gasteiger partial charge in [0.15, 0.2) is 17.4 Å². The lowest BCUT2D eigenvalue weighted by Crippen LogP contribution is -2.54. The highest BCUT2D eigenvalue weighted by atomic mass is 16.7. The van der Waals surface area contributed by atoms with Gasteiger partial charge in [-0.3, -0.25) is 14.9 Å². The van der Waals surface area contributed by atoms with Gasteiger partial charge in [0.25, 0.3) is 11.8 Å². The first kappa shape index (κ1) is 18.3. The van der Waals surface area contributed by atoms with Gasteiger partial charge in [-0.2, -0.15) is 0 Å². The van der Waals surface area contributed by atoms with E-state index in [1.165, 1.54) is 18.6 Å². The van der Waals surface area contributed by atoms with E-state index < -0.39 is 17.8 Å². The SMILES string of the molecule is O=C1NC(=O)N(c2ccc3c(c2)OCO3)C(=O)/C1=C\c1ccc(N2CCCCC2)o1. The number of fused-ring (bicyclic) bond motifs is 1. The molecule has 2 saturated heterocycles. The maximum absolute atomic E-state index is 13.0. The molecule has 30 heavy (non-hydrogen) atoms. The molecule has 0 saturated carbocycles. The summed E-state index contributed by atoms with van der Waals surface area (Å²) in [4.78, 5) is 40.8. The zero-order valence-corrected chi connectivity index (χ0v) is 16.1. The molecule has 0 atom stereocenters. The number of rotatable bonds is 3. The monoisotopic (exact) mass is 409 g/mol. The predicted octanol–water partition coefficient (Wildman–Crippen LogP) is 2.67. The van der Waals surface area contributed by atoms with Gasteiger partial charge in [-0.05, 0) is 43.5 Å². The molecule has 0 radical (unpaired) electrons. The highest BCUT2D eigenvalue weighted by Gasteiger charge is 2.37. The van der Waals surface area contributed by atoms with Crippen molar-refractivity contribution in [2.24, 2.45) is 0 Å². The van der Waals surface area contributed by atoms with E-state index in [2.05, 4.69) is 10.2 Å². The van der Waals surface area contributed by atoms with Crippen molar-refractivity contribution in [3.05, 3.63) is 41.7 Å². The fourth-order valence-corrected chi connectivity index (χ4v) is 3.76. The molecule has 0 spiro atoms. The van der Waals surface area contributed by atoms with E-state index in [1.54, 1.807) is 18.2 Å². The van der Waals surface area contributed by atoms with Crippen molar-refractivity contribution in [1.82, 2.24) is 5.32 Å². The van der Waals surface area contributed by atoms with Crippen molar-refractivity contribution < 1.29 is 28.3 Å². The van der Waals surface area contributed by atoms with Crippen molar-refractivity contribution in [3.63, 3.8) is 0 Å². The molecule has 3 aliphatic rings. The number of furan rings is 1. The molecule has 9 heteroatoms. The Kier molecular flexibility index (Phi) is 4.42. The van der Waals surface area contributed by atoms with E-state index in [-0.39, 0.29) is 18.1 Å². The van der Waals surface area contributed by atoms with Crippen LogP contribution in [0.2, 0.25) is 0 Å². The molecule has 154 valence electrons. The molecule has 0 bridgehead atoms. The van der Waals surface area contributed by atoms with Crippen molar-refractivity contribution in [1.29, 1.82) is 0 Å². The number of piperidine rings is 1. The molecule has 4 heterocycles. The second kappa shape index (κ2) is 7.25. The number of hydrogen-bond acceptors (Lipinski definition) is 7. The van der Waals surface area contributed by atoms with Crippen LogP contribution >= 0.6 is 0 Å². The number of ether oxygens (including phenoxy) is 2. The standard InChI is InChI=1S/C21H19N3O6/c25-19-15(11-14-5-7-18(30-14)23-8-2-1-3-9-23)20(26)24(21(27)22-19)13-4-6-16-17(10-13)29-12-28-16/h4-7,10-11H,1-3,8-9,12H2,(H,22,25,27)/b15-11-. The van der Waals surface area contributed by atoms with Gasteiger partial charge in [-0.25, -0.2) is 9.69 Å². The number of barbiturate groups is 1. The lowest BCUT2D eigenvalue weighted by molar-refractivity contribution is -0.122. The van der Waals surface area contributed by atoms with Crippen LogP contribution in [0.1, 0.15) is 25.0 Å². The third-order valence-electron chi connectivity index (χ3n) is 5.28. The molecular weight excluding hydrogens is 390 g/mol. The maximum Gasteiger partial charge on any atom is 0.335 e. The molecule has 1 N–H and O–H groups in total. The van der Waals surface area contributed by atoms with Crippen LogP contribution < -0.4 is 24.6 Å². The molecule has 9 nitrogen and oxygen atoms in total. The Morgan fingerprint density at radius 3 is 2.57 bits per heavy atom. The lowest BCUT2D eigenvalue weighted by Gasteiger charge is -2.26. The average molecular weight is 409 g/mol. The van der Waals surface area contributed by atoms with E-state index in [0.717, 1.165) is 30.8 Å². The summed E-state index contributed by atoms with van der Waals surface area (Å²) < 4.78 is 16.4. The number of imide groups is 2. The summed E-state index contributed by atoms with van der Waals surface area (Å²) in [6.45, 7) is 1.89. The van der Waals surface area contributed by atoms with Gasteiger partial charge in [0.05, 0.1) is 5.69 Å². The van der Waals surface area contributed by atoms with Crippen LogP contribution in [0.25, 0.3) is 6.08 Å². The second-order valence-corrected chi connectivity index (χ2v) is 7.22. The van der Waals surface area contributed by atoms with Gasteiger partial charge < -0.3 is 18.8 Å². The highest BCUT2D eigenvalue weighted by molar-refractivity contribution is 6.39. The largest absolute Gasteiger partial charge is 0.454 e. The lowest BCUT2D eigenvalue weighted by atomic mass is 10.1. The summed E-state index contributed by atoms with van der Waals surface area (Å²) in [5.74, 6) is 0.517. The summed E-state index contributed by atoms with van der Waals surface area (Å²) in [6, 6.07) is 7.39. The first-order valence-corrected chi connectivity index (χ1v) is 9.76. The predicted molar refractivity (Wildman–Crippen MR) is 106 cm³/mol. The normalized spacial score (nSPS) is 20.1. The van der Waals surface area contributed by atoms with Gasteiger partial charge in [0.1, 0.15) is 11.3 Å². The summed E-state index contributed by atoms with van der Waals surface area (Å²) in [7, 11) is 0. The van der Waals surface area contributed by atoms with E-state index in [9.17, 15) is 14.4 Å². The van der Waals surface area contributed by atoms with Crippen molar-refractivity contribution in [2.45, 2.75) is 19.3 Å². The quantitative estimate of drug-likeness (QED) is 0.614. The molecule has 3 aliphatic heterocycles. The van der Waals surface area contributed by atoms with Crippen LogP contribution in [0.5, 0.6) is 11.5 Å². The van der Waals surface area contributed by atoms with Gasteiger partial charge in [0.2, 0.25) is 6.79 Å². The van der Waals surface area contributed by atoms with Crippen LogP contribution in [-0.4, -0.2) is 37.7 Å². The number of urea groups is 1. The Labute approximate surface area is 171 Å². The van der Waals surface area contributed by atoms with Crippen molar-refractivity contribution in [2.75, 3.05) is 29.7 Å². The van der Waals surface area contributed by atoms with Gasteiger partial charge >= 0.3 is 6.03 Å². The van der Waals surface area contributed by atoms with Gasteiger partial charge in [-0.15, -0.1) is 0 Å². The van der Waals surface area contributed by atoms with Gasteiger partial charge in [0, 0.05) is 25.2 Å². The molecular formula is C21H19N3O6. The molecule has 0 unspecified atom stereocenters. The molecule has 0 aliphatic carbocycles. The van der Waals surface area contributed by atoms with Crippen LogP contribution in [0.15, 0.2) is 40.3 Å². The summed E-state index contributed by atoms with van der Waals surface area (Å²) >= 11 is 0. The Morgan fingerprint density at radius 1 is 0.933 bits per heavy atom. The smallest absolute Gasteiger partial charge is 0.335 e. The van der Waals surface area contributed by atoms with Crippen LogP contribution in [0, 0.1) is 0 Å². The van der Waals surface area contributed by atoms with Gasteiger partial charge in [-0.1, -0.05) is 0 Å². The second-order valence-electron chi connectivity index (χ2n) is 7.22. The molecule has 2 aromatic rings. The summed E-state index contributed by atoms with van der Waals surface area (Å²) in [5.41, 5.74) is 0.0837. The van der Waals surface area contributed by atoms with Crippen LogP contribution in [0.4, 0.5) is 16.4 Å². The third-order valence-corrected chi connectivity index (χ3v) is 5.28. The highest BCUT2D eigenvalue weighted by Crippen LogP contribution is 2.36. The topological polar surface area (TPSA) is 101 Å². The zero-order chi connectivity index (χ0) is 20.7. The van der Waals surface area contributed by atoms with E-state index in [1.807, 2.05) is 6.07 Å². The van der Waals surface area contributed by atoms with E-state index in [4.69, 9.17) is 13.9 Å². The number of nitrogens with zero attached hydrogens (tertiary/aromatic N) is 2. The zero-order valence-electron chi connectivity index (χ0n) is 16.1. The number of benzene rings is 1. The molecule has 4 amide bonds. The minimum atomic E-state index is -0.825. The first-order chi connectivity index (χ1) is 14.6. The molecule has 1 aromatic carbocycles.